The smallest absolute Gasteiger partial charge is 0.320 e. The summed E-state index contributed by atoms with van der Waals surface area (Å²) in [4.78, 5) is 34.3. The first-order valence-corrected chi connectivity index (χ1v) is 14.9. The molecular formula is C32H40F2N4O3. The van der Waals surface area contributed by atoms with Crippen molar-refractivity contribution in [2.45, 2.75) is 44.1 Å². The van der Waals surface area contributed by atoms with E-state index in [1.54, 1.807) is 12.0 Å². The van der Waals surface area contributed by atoms with Crippen LogP contribution in [0.5, 0.6) is 5.75 Å². The molecule has 220 valence electrons. The van der Waals surface area contributed by atoms with Gasteiger partial charge < -0.3 is 24.3 Å². The summed E-state index contributed by atoms with van der Waals surface area (Å²) in [6, 6.07) is 17.9. The molecule has 0 aliphatic carbocycles. The van der Waals surface area contributed by atoms with E-state index in [1.165, 1.54) is 10.5 Å². The third-order valence-electron chi connectivity index (χ3n) is 9.82. The topological polar surface area (TPSA) is 56.3 Å². The van der Waals surface area contributed by atoms with E-state index in [0.717, 1.165) is 56.8 Å². The lowest BCUT2D eigenvalue weighted by atomic mass is 9.76. The number of piperidine rings is 1. The lowest BCUT2D eigenvalue weighted by Gasteiger charge is -2.39. The van der Waals surface area contributed by atoms with Crippen LogP contribution in [-0.2, 0) is 11.3 Å². The van der Waals surface area contributed by atoms with Crippen LogP contribution in [0.15, 0.2) is 54.6 Å². The molecule has 6 rings (SSSR count). The Balaban J connectivity index is 1.07. The van der Waals surface area contributed by atoms with Gasteiger partial charge in [-0.25, -0.2) is 13.6 Å². The molecule has 4 aliphatic heterocycles. The van der Waals surface area contributed by atoms with Crippen molar-refractivity contribution in [3.05, 3.63) is 65.7 Å². The first kappa shape index (κ1) is 27.9. The Morgan fingerprint density at radius 2 is 1.61 bits per heavy atom. The third-order valence-corrected chi connectivity index (χ3v) is 9.82. The van der Waals surface area contributed by atoms with Crippen LogP contribution in [-0.4, -0.2) is 96.9 Å². The van der Waals surface area contributed by atoms with Crippen molar-refractivity contribution in [3.8, 4) is 5.75 Å². The van der Waals surface area contributed by atoms with Gasteiger partial charge in [-0.05, 0) is 61.5 Å². The number of rotatable bonds is 6. The Bertz CT molecular complexity index is 1230. The van der Waals surface area contributed by atoms with Crippen LogP contribution >= 0.6 is 0 Å². The highest BCUT2D eigenvalue weighted by Gasteiger charge is 2.49. The van der Waals surface area contributed by atoms with Crippen LogP contribution in [0.4, 0.5) is 13.6 Å². The van der Waals surface area contributed by atoms with Crippen molar-refractivity contribution in [1.29, 1.82) is 0 Å². The predicted molar refractivity (Wildman–Crippen MR) is 152 cm³/mol. The lowest BCUT2D eigenvalue weighted by molar-refractivity contribution is -0.139. The fraction of sp³-hybridized carbons (Fsp3) is 0.562. The van der Waals surface area contributed by atoms with Crippen LogP contribution in [0.2, 0.25) is 0 Å². The van der Waals surface area contributed by atoms with Crippen molar-refractivity contribution in [2.24, 2.45) is 11.3 Å². The van der Waals surface area contributed by atoms with Gasteiger partial charge in [0.15, 0.2) is 0 Å². The molecule has 7 nitrogen and oxygen atoms in total. The summed E-state index contributed by atoms with van der Waals surface area (Å²) in [5.41, 5.74) is 2.02. The van der Waals surface area contributed by atoms with Crippen LogP contribution in [0.1, 0.15) is 42.7 Å². The molecule has 4 aliphatic rings. The summed E-state index contributed by atoms with van der Waals surface area (Å²) < 4.78 is 32.9. The first-order valence-electron chi connectivity index (χ1n) is 14.9. The Kier molecular flexibility index (Phi) is 7.66. The molecule has 0 N–H and O–H groups in total. The van der Waals surface area contributed by atoms with Gasteiger partial charge in [0.25, 0.3) is 5.92 Å². The molecule has 0 aromatic heterocycles. The zero-order chi connectivity index (χ0) is 28.6. The number of ether oxygens (including phenoxy) is 1. The van der Waals surface area contributed by atoms with Gasteiger partial charge in [0, 0.05) is 51.6 Å². The highest BCUT2D eigenvalue weighted by atomic mass is 19.3. The number of amides is 3. The van der Waals surface area contributed by atoms with Crippen molar-refractivity contribution in [2.75, 3.05) is 59.5 Å². The van der Waals surface area contributed by atoms with Crippen molar-refractivity contribution in [1.82, 2.24) is 19.6 Å². The standard InChI is InChI=1S/C32H40F2N4O3/c1-41-27-9-7-24(8-10-27)19-36-17-13-31(29(36)39)11-15-35(16-12-31)20-26-21-38(22-28(26)25-5-3-2-4-6-25)30(40)37-18-14-32(33,34)23-37/h2-10,26,28H,11-23H2,1H3/t26-,28?/m0/s1. The van der Waals surface area contributed by atoms with Crippen LogP contribution in [0.3, 0.4) is 0 Å². The number of nitrogens with zero attached hydrogens (tertiary/aromatic N) is 4. The van der Waals surface area contributed by atoms with Crippen molar-refractivity contribution in [3.63, 3.8) is 0 Å². The second-order valence-electron chi connectivity index (χ2n) is 12.4. The van der Waals surface area contributed by atoms with Gasteiger partial charge in [0.1, 0.15) is 5.75 Å². The third kappa shape index (κ3) is 5.78. The van der Waals surface area contributed by atoms with Gasteiger partial charge in [-0.15, -0.1) is 0 Å². The molecule has 9 heteroatoms. The second kappa shape index (κ2) is 11.2. The maximum absolute atomic E-state index is 13.8. The van der Waals surface area contributed by atoms with Gasteiger partial charge in [-0.2, -0.15) is 0 Å². The Hall–Kier alpha value is -3.20. The monoisotopic (exact) mass is 566 g/mol. The summed E-state index contributed by atoms with van der Waals surface area (Å²) in [6.07, 6.45) is 2.33. The lowest BCUT2D eigenvalue weighted by Crippen LogP contribution is -2.46. The summed E-state index contributed by atoms with van der Waals surface area (Å²) in [6.45, 7) is 4.70. The molecule has 4 fully saturated rings. The fourth-order valence-corrected chi connectivity index (χ4v) is 7.34. The number of urea groups is 1. The average molecular weight is 567 g/mol. The van der Waals surface area contributed by atoms with E-state index in [0.29, 0.717) is 19.6 Å². The van der Waals surface area contributed by atoms with E-state index in [9.17, 15) is 18.4 Å². The van der Waals surface area contributed by atoms with Crippen LogP contribution < -0.4 is 4.74 Å². The number of methoxy groups -OCH3 is 1. The molecule has 0 bridgehead atoms. The highest BCUT2D eigenvalue weighted by molar-refractivity contribution is 5.85. The normalized spacial score (nSPS) is 25.8. The van der Waals surface area contributed by atoms with E-state index in [1.807, 2.05) is 47.4 Å². The zero-order valence-electron chi connectivity index (χ0n) is 23.8. The first-order chi connectivity index (χ1) is 19.7. The number of carbonyl (C=O) groups excluding carboxylic acids is 2. The molecule has 1 spiro atoms. The van der Waals surface area contributed by atoms with Gasteiger partial charge in [0.05, 0.1) is 19.1 Å². The minimum Gasteiger partial charge on any atom is -0.497 e. The second-order valence-corrected chi connectivity index (χ2v) is 12.4. The van der Waals surface area contributed by atoms with E-state index in [4.69, 9.17) is 4.74 Å². The van der Waals surface area contributed by atoms with Crippen LogP contribution in [0.25, 0.3) is 0 Å². The Morgan fingerprint density at radius 1 is 0.902 bits per heavy atom. The molecule has 2 aromatic rings. The average Bonchev–Trinajstić information content (AvgIpc) is 3.66. The molecule has 4 saturated heterocycles. The molecule has 3 amide bonds. The minimum atomic E-state index is -2.79. The molecular weight excluding hydrogens is 526 g/mol. The van der Waals surface area contributed by atoms with Gasteiger partial charge in [-0.1, -0.05) is 42.5 Å². The Labute approximate surface area is 241 Å². The van der Waals surface area contributed by atoms with E-state index in [-0.39, 0.29) is 42.2 Å². The Morgan fingerprint density at radius 3 is 2.27 bits per heavy atom. The van der Waals surface area contributed by atoms with E-state index < -0.39 is 12.5 Å². The number of alkyl halides is 2. The summed E-state index contributed by atoms with van der Waals surface area (Å²) >= 11 is 0. The summed E-state index contributed by atoms with van der Waals surface area (Å²) in [7, 11) is 1.65. The molecule has 4 heterocycles. The van der Waals surface area contributed by atoms with E-state index in [2.05, 4.69) is 17.0 Å². The predicted octanol–water partition coefficient (Wildman–Crippen LogP) is 4.69. The van der Waals surface area contributed by atoms with Gasteiger partial charge in [-0.3, -0.25) is 4.79 Å². The quantitative estimate of drug-likeness (QED) is 0.510. The summed E-state index contributed by atoms with van der Waals surface area (Å²) in [5, 5.41) is 0. The van der Waals surface area contributed by atoms with Gasteiger partial charge in [0.2, 0.25) is 5.91 Å². The van der Waals surface area contributed by atoms with Crippen molar-refractivity contribution < 1.29 is 23.1 Å². The molecule has 2 atom stereocenters. The molecule has 41 heavy (non-hydrogen) atoms. The highest BCUT2D eigenvalue weighted by Crippen LogP contribution is 2.43. The molecule has 1 unspecified atom stereocenters. The molecule has 0 saturated carbocycles. The number of likely N-dealkylation sites (tertiary alicyclic amines) is 4. The maximum Gasteiger partial charge on any atom is 0.320 e. The number of hydrogen-bond acceptors (Lipinski definition) is 4. The fourth-order valence-electron chi connectivity index (χ4n) is 7.34. The van der Waals surface area contributed by atoms with Crippen LogP contribution in [0, 0.1) is 11.3 Å². The molecule has 0 radical (unpaired) electrons. The maximum atomic E-state index is 13.8. The number of benzene rings is 2. The number of hydrogen-bond donors (Lipinski definition) is 0. The SMILES string of the molecule is COc1ccc(CN2CCC3(CCN(C[C@H]4CN(C(=O)N5CCC(F)(F)C5)CC4c4ccccc4)CC3)C2=O)cc1. The number of halogens is 2. The van der Waals surface area contributed by atoms with Crippen molar-refractivity contribution >= 4 is 11.9 Å². The zero-order valence-corrected chi connectivity index (χ0v) is 23.8. The largest absolute Gasteiger partial charge is 0.497 e. The summed E-state index contributed by atoms with van der Waals surface area (Å²) in [5.74, 6) is -1.33. The molecule has 2 aromatic carbocycles. The van der Waals surface area contributed by atoms with Gasteiger partial charge >= 0.3 is 6.03 Å². The minimum absolute atomic E-state index is 0.112. The van der Waals surface area contributed by atoms with E-state index >= 15 is 0 Å². The number of carbonyl (C=O) groups is 2.